The zero-order chi connectivity index (χ0) is 11.3. The molecule has 1 heterocycles. The van der Waals surface area contributed by atoms with Gasteiger partial charge in [-0.1, -0.05) is 25.5 Å². The van der Waals surface area contributed by atoms with Gasteiger partial charge >= 0.3 is 0 Å². The quantitative estimate of drug-likeness (QED) is 0.565. The highest BCUT2D eigenvalue weighted by atomic mass is 16.5. The van der Waals surface area contributed by atoms with E-state index < -0.39 is 0 Å². The highest BCUT2D eigenvalue weighted by molar-refractivity contribution is 5.29. The van der Waals surface area contributed by atoms with E-state index in [1.54, 1.807) is 0 Å². The summed E-state index contributed by atoms with van der Waals surface area (Å²) in [5, 5.41) is 0. The van der Waals surface area contributed by atoms with Crippen LogP contribution in [0.3, 0.4) is 0 Å². The van der Waals surface area contributed by atoms with Gasteiger partial charge in [0.05, 0.1) is 11.9 Å². The Labute approximate surface area is 94.2 Å². The Hall–Kier alpha value is -0.720. The first-order valence-electron chi connectivity index (χ1n) is 6.31. The minimum Gasteiger partial charge on any atom is -0.495 e. The second-order valence-corrected chi connectivity index (χ2v) is 4.26. The van der Waals surface area contributed by atoms with E-state index >= 15 is 0 Å². The summed E-state index contributed by atoms with van der Waals surface area (Å²) in [7, 11) is 0. The standard InChI is InChI=1S/C12H18O.C2H6/c1-9-4-3-5-12-11(8-9)7-6-10(2)13-12;1-2/h8,10H,3-7H2,1-2H3;1-2H3. The van der Waals surface area contributed by atoms with Crippen LogP contribution in [0.5, 0.6) is 0 Å². The van der Waals surface area contributed by atoms with Crippen molar-refractivity contribution in [2.45, 2.75) is 65.9 Å². The van der Waals surface area contributed by atoms with Crippen LogP contribution in [0.1, 0.15) is 59.8 Å². The van der Waals surface area contributed by atoms with E-state index in [0.29, 0.717) is 6.10 Å². The van der Waals surface area contributed by atoms with Crippen LogP contribution >= 0.6 is 0 Å². The molecule has 0 spiro atoms. The molecular formula is C14H24O. The fraction of sp³-hybridized carbons (Fsp3) is 0.714. The van der Waals surface area contributed by atoms with Gasteiger partial charge in [0.15, 0.2) is 0 Å². The Morgan fingerprint density at radius 2 is 1.93 bits per heavy atom. The Morgan fingerprint density at radius 3 is 2.67 bits per heavy atom. The van der Waals surface area contributed by atoms with Gasteiger partial charge in [0, 0.05) is 6.42 Å². The van der Waals surface area contributed by atoms with Crippen LogP contribution in [-0.4, -0.2) is 6.10 Å². The van der Waals surface area contributed by atoms with E-state index in [9.17, 15) is 0 Å². The van der Waals surface area contributed by atoms with Crippen LogP contribution in [0, 0.1) is 0 Å². The molecule has 0 fully saturated rings. The Morgan fingerprint density at radius 1 is 1.20 bits per heavy atom. The summed E-state index contributed by atoms with van der Waals surface area (Å²) in [6, 6.07) is 0. The SMILES string of the molecule is CC.CC1=CC2=C(CCC1)OC(C)CC2. The Balaban J connectivity index is 0.000000531. The van der Waals surface area contributed by atoms with Gasteiger partial charge in [-0.15, -0.1) is 0 Å². The lowest BCUT2D eigenvalue weighted by molar-refractivity contribution is 0.100. The van der Waals surface area contributed by atoms with Gasteiger partial charge < -0.3 is 4.74 Å². The van der Waals surface area contributed by atoms with Crippen molar-refractivity contribution in [1.29, 1.82) is 0 Å². The molecule has 0 N–H and O–H groups in total. The molecule has 0 saturated carbocycles. The third kappa shape index (κ3) is 3.40. The minimum atomic E-state index is 0.436. The fourth-order valence-corrected chi connectivity index (χ4v) is 2.15. The van der Waals surface area contributed by atoms with E-state index in [1.807, 2.05) is 13.8 Å². The first-order valence-corrected chi connectivity index (χ1v) is 6.31. The molecule has 0 amide bonds. The van der Waals surface area contributed by atoms with E-state index in [-0.39, 0.29) is 0 Å². The molecule has 0 saturated heterocycles. The van der Waals surface area contributed by atoms with E-state index in [4.69, 9.17) is 4.74 Å². The normalized spacial score (nSPS) is 25.3. The molecule has 2 aliphatic rings. The number of allylic oxidation sites excluding steroid dienone is 4. The summed E-state index contributed by atoms with van der Waals surface area (Å²) in [5.74, 6) is 1.27. The number of ether oxygens (including phenoxy) is 1. The summed E-state index contributed by atoms with van der Waals surface area (Å²) in [5.41, 5.74) is 2.98. The first-order chi connectivity index (χ1) is 7.25. The van der Waals surface area contributed by atoms with Gasteiger partial charge in [0.25, 0.3) is 0 Å². The van der Waals surface area contributed by atoms with Gasteiger partial charge in [-0.2, -0.15) is 0 Å². The molecule has 1 atom stereocenters. The number of hydrogen-bond acceptors (Lipinski definition) is 1. The van der Waals surface area contributed by atoms with E-state index in [2.05, 4.69) is 19.9 Å². The summed E-state index contributed by atoms with van der Waals surface area (Å²) in [6.45, 7) is 8.40. The van der Waals surface area contributed by atoms with E-state index in [0.717, 1.165) is 6.42 Å². The number of rotatable bonds is 0. The molecular weight excluding hydrogens is 184 g/mol. The predicted molar refractivity (Wildman–Crippen MR) is 65.8 cm³/mol. The highest BCUT2D eigenvalue weighted by Crippen LogP contribution is 2.31. The molecule has 1 heteroatoms. The average molecular weight is 208 g/mol. The molecule has 15 heavy (non-hydrogen) atoms. The topological polar surface area (TPSA) is 9.23 Å². The first kappa shape index (κ1) is 12.4. The minimum absolute atomic E-state index is 0.436. The van der Waals surface area contributed by atoms with Crippen molar-refractivity contribution < 1.29 is 4.74 Å². The molecule has 1 aliphatic carbocycles. The van der Waals surface area contributed by atoms with Crippen LogP contribution in [0.15, 0.2) is 23.0 Å². The summed E-state index contributed by atoms with van der Waals surface area (Å²) < 4.78 is 5.85. The van der Waals surface area contributed by atoms with Crippen molar-refractivity contribution in [1.82, 2.24) is 0 Å². The zero-order valence-electron chi connectivity index (χ0n) is 10.6. The van der Waals surface area contributed by atoms with Crippen molar-refractivity contribution in [3.63, 3.8) is 0 Å². The lowest BCUT2D eigenvalue weighted by Crippen LogP contribution is -2.14. The fourth-order valence-electron chi connectivity index (χ4n) is 2.15. The van der Waals surface area contributed by atoms with Crippen molar-refractivity contribution >= 4 is 0 Å². The maximum atomic E-state index is 5.85. The predicted octanol–water partition coefficient (Wildman–Crippen LogP) is 4.60. The van der Waals surface area contributed by atoms with Gasteiger partial charge in [0.1, 0.15) is 0 Å². The maximum absolute atomic E-state index is 5.85. The number of hydrogen-bond donors (Lipinski definition) is 0. The molecule has 1 nitrogen and oxygen atoms in total. The third-order valence-corrected chi connectivity index (χ3v) is 2.92. The molecule has 0 radical (unpaired) electrons. The lowest BCUT2D eigenvalue weighted by Gasteiger charge is -2.24. The van der Waals surface area contributed by atoms with Crippen molar-refractivity contribution in [2.75, 3.05) is 0 Å². The summed E-state index contributed by atoms with van der Waals surface area (Å²) >= 11 is 0. The lowest BCUT2D eigenvalue weighted by atomic mass is 10.0. The Kier molecular flexibility index (Phi) is 4.93. The largest absolute Gasteiger partial charge is 0.495 e. The Bertz CT molecular complexity index is 261. The molecule has 1 aliphatic heterocycles. The average Bonchev–Trinajstić information content (AvgIpc) is 2.42. The van der Waals surface area contributed by atoms with Crippen LogP contribution in [0.25, 0.3) is 0 Å². The van der Waals surface area contributed by atoms with Crippen LogP contribution in [0.2, 0.25) is 0 Å². The highest BCUT2D eigenvalue weighted by Gasteiger charge is 2.19. The molecule has 0 aromatic rings. The van der Waals surface area contributed by atoms with Crippen molar-refractivity contribution in [3.8, 4) is 0 Å². The van der Waals surface area contributed by atoms with Crippen molar-refractivity contribution in [3.05, 3.63) is 23.0 Å². The third-order valence-electron chi connectivity index (χ3n) is 2.92. The maximum Gasteiger partial charge on any atom is 0.0995 e. The van der Waals surface area contributed by atoms with E-state index in [1.165, 1.54) is 42.6 Å². The molecule has 2 rings (SSSR count). The van der Waals surface area contributed by atoms with Gasteiger partial charge in [0.2, 0.25) is 0 Å². The smallest absolute Gasteiger partial charge is 0.0995 e. The zero-order valence-corrected chi connectivity index (χ0v) is 10.6. The molecule has 1 unspecified atom stereocenters. The van der Waals surface area contributed by atoms with Crippen LogP contribution in [-0.2, 0) is 4.74 Å². The second kappa shape index (κ2) is 5.99. The van der Waals surface area contributed by atoms with Gasteiger partial charge in [-0.05, 0) is 45.1 Å². The second-order valence-electron chi connectivity index (χ2n) is 4.26. The van der Waals surface area contributed by atoms with Crippen LogP contribution in [0.4, 0.5) is 0 Å². The molecule has 86 valence electrons. The van der Waals surface area contributed by atoms with Crippen LogP contribution < -0.4 is 0 Å². The molecule has 0 aromatic heterocycles. The monoisotopic (exact) mass is 208 g/mol. The molecule has 0 aromatic carbocycles. The van der Waals surface area contributed by atoms with Crippen molar-refractivity contribution in [2.24, 2.45) is 0 Å². The van der Waals surface area contributed by atoms with Gasteiger partial charge in [-0.25, -0.2) is 0 Å². The molecule has 0 bridgehead atoms. The van der Waals surface area contributed by atoms with Gasteiger partial charge in [-0.3, -0.25) is 0 Å². The summed E-state index contributed by atoms with van der Waals surface area (Å²) in [4.78, 5) is 0. The summed E-state index contributed by atoms with van der Waals surface area (Å²) in [6.07, 6.45) is 8.82.